The summed E-state index contributed by atoms with van der Waals surface area (Å²) in [6.45, 7) is 1.41. The number of amides is 1. The minimum absolute atomic E-state index is 0.129. The van der Waals surface area contributed by atoms with E-state index in [1.807, 2.05) is 0 Å². The molecule has 0 aliphatic carbocycles. The highest BCUT2D eigenvalue weighted by Gasteiger charge is 2.24. The number of hydrogen-bond acceptors (Lipinski definition) is 4. The van der Waals surface area contributed by atoms with Crippen LogP contribution >= 0.6 is 12.2 Å². The molecule has 0 saturated heterocycles. The highest BCUT2D eigenvalue weighted by Crippen LogP contribution is 2.20. The monoisotopic (exact) mass is 315 g/mol. The van der Waals surface area contributed by atoms with Gasteiger partial charge in [0.05, 0.1) is 11.4 Å². The Kier molecular flexibility index (Phi) is 5.21. The van der Waals surface area contributed by atoms with E-state index in [9.17, 15) is 13.2 Å². The molecule has 0 spiro atoms. The first-order valence-corrected chi connectivity index (χ1v) is 7.62. The van der Waals surface area contributed by atoms with Crippen LogP contribution in [-0.2, 0) is 14.8 Å². The Labute approximate surface area is 124 Å². The Morgan fingerprint density at radius 2 is 2.05 bits per heavy atom. The number of nitrogens with two attached hydrogens (primary N) is 1. The van der Waals surface area contributed by atoms with Gasteiger partial charge in [0.1, 0.15) is 4.99 Å². The summed E-state index contributed by atoms with van der Waals surface area (Å²) < 4.78 is 25.7. The fraction of sp³-hybridized carbons (Fsp3) is 0.333. The van der Waals surface area contributed by atoms with Crippen molar-refractivity contribution in [2.75, 3.05) is 20.6 Å². The molecular formula is C12H17N3O3S2. The molecule has 110 valence electrons. The average Bonchev–Trinajstić information content (AvgIpc) is 2.37. The van der Waals surface area contributed by atoms with E-state index in [-0.39, 0.29) is 22.3 Å². The van der Waals surface area contributed by atoms with E-state index >= 15 is 0 Å². The minimum atomic E-state index is -3.73. The lowest BCUT2D eigenvalue weighted by molar-refractivity contribution is -0.120. The third-order valence-electron chi connectivity index (χ3n) is 2.79. The van der Waals surface area contributed by atoms with Gasteiger partial charge in [-0.05, 0) is 24.6 Å². The number of nitrogens with one attached hydrogen (secondary N) is 1. The van der Waals surface area contributed by atoms with Crippen molar-refractivity contribution >= 4 is 33.1 Å². The molecule has 0 heterocycles. The quantitative estimate of drug-likeness (QED) is 0.746. The summed E-state index contributed by atoms with van der Waals surface area (Å²) in [7, 11) is -0.927. The smallest absolute Gasteiger partial charge is 0.243 e. The van der Waals surface area contributed by atoms with E-state index in [1.165, 1.54) is 20.2 Å². The number of benzene rings is 1. The molecule has 0 aliphatic rings. The van der Waals surface area contributed by atoms with Gasteiger partial charge in [0.15, 0.2) is 0 Å². The second-order valence-corrected chi connectivity index (χ2v) is 6.73. The van der Waals surface area contributed by atoms with Crippen LogP contribution in [0.2, 0.25) is 0 Å². The Hall–Kier alpha value is -1.51. The van der Waals surface area contributed by atoms with Gasteiger partial charge in [0.25, 0.3) is 0 Å². The molecule has 0 saturated carbocycles. The standard InChI is InChI=1S/C12H17N3O3S2/c1-8-6-9(12(13)19)4-5-10(8)20(17,18)15(3)7-11(16)14-2/h4-6H,7H2,1-3H3,(H2,13,19)(H,14,16). The first-order chi connectivity index (χ1) is 9.20. The van der Waals surface area contributed by atoms with Crippen LogP contribution in [0, 0.1) is 6.92 Å². The first-order valence-electron chi connectivity index (χ1n) is 5.77. The number of sulfonamides is 1. The Morgan fingerprint density at radius 3 is 2.50 bits per heavy atom. The van der Waals surface area contributed by atoms with Gasteiger partial charge in [0.2, 0.25) is 15.9 Å². The second-order valence-electron chi connectivity index (χ2n) is 4.28. The number of aryl methyl sites for hydroxylation is 1. The van der Waals surface area contributed by atoms with Crippen molar-refractivity contribution < 1.29 is 13.2 Å². The van der Waals surface area contributed by atoms with Crippen molar-refractivity contribution in [2.45, 2.75) is 11.8 Å². The van der Waals surface area contributed by atoms with Gasteiger partial charge in [-0.15, -0.1) is 0 Å². The molecule has 0 bridgehead atoms. The van der Waals surface area contributed by atoms with Gasteiger partial charge in [-0.1, -0.05) is 18.3 Å². The number of carbonyl (C=O) groups is 1. The number of rotatable bonds is 5. The van der Waals surface area contributed by atoms with E-state index in [1.54, 1.807) is 19.1 Å². The van der Waals surface area contributed by atoms with Gasteiger partial charge in [-0.2, -0.15) is 4.31 Å². The van der Waals surface area contributed by atoms with E-state index in [2.05, 4.69) is 5.32 Å². The molecule has 1 aromatic rings. The molecule has 1 aromatic carbocycles. The molecule has 1 amide bonds. The lowest BCUT2D eigenvalue weighted by atomic mass is 10.1. The Morgan fingerprint density at radius 1 is 1.45 bits per heavy atom. The maximum atomic E-state index is 12.4. The number of thiocarbonyl (C=S) groups is 1. The second kappa shape index (κ2) is 6.29. The summed E-state index contributed by atoms with van der Waals surface area (Å²) >= 11 is 4.85. The molecule has 6 nitrogen and oxygen atoms in total. The molecule has 3 N–H and O–H groups in total. The fourth-order valence-electron chi connectivity index (χ4n) is 1.63. The zero-order valence-electron chi connectivity index (χ0n) is 11.5. The number of likely N-dealkylation sites (N-methyl/N-ethyl adjacent to an activating group) is 2. The predicted octanol–water partition coefficient (Wildman–Crippen LogP) is -0.00428. The average molecular weight is 315 g/mol. The number of hydrogen-bond donors (Lipinski definition) is 2. The van der Waals surface area contributed by atoms with Crippen LogP contribution in [0.1, 0.15) is 11.1 Å². The van der Waals surface area contributed by atoms with Crippen molar-refractivity contribution in [2.24, 2.45) is 5.73 Å². The third-order valence-corrected chi connectivity index (χ3v) is 4.99. The Bertz CT molecular complexity index is 641. The maximum Gasteiger partial charge on any atom is 0.243 e. The van der Waals surface area contributed by atoms with Crippen molar-refractivity contribution in [3.05, 3.63) is 29.3 Å². The van der Waals surface area contributed by atoms with E-state index in [0.717, 1.165) is 4.31 Å². The van der Waals surface area contributed by atoms with E-state index in [0.29, 0.717) is 11.1 Å². The number of nitrogens with zero attached hydrogens (tertiary/aromatic N) is 1. The van der Waals surface area contributed by atoms with Crippen LogP contribution in [-0.4, -0.2) is 44.3 Å². The lowest BCUT2D eigenvalue weighted by Gasteiger charge is -2.18. The van der Waals surface area contributed by atoms with E-state index in [4.69, 9.17) is 18.0 Å². The van der Waals surface area contributed by atoms with Crippen molar-refractivity contribution in [1.29, 1.82) is 0 Å². The summed E-state index contributed by atoms with van der Waals surface area (Å²) in [5.74, 6) is -0.381. The third kappa shape index (κ3) is 3.53. The molecule has 20 heavy (non-hydrogen) atoms. The molecule has 8 heteroatoms. The first kappa shape index (κ1) is 16.5. The number of carbonyl (C=O) groups excluding carboxylic acids is 1. The molecule has 0 aromatic heterocycles. The van der Waals surface area contributed by atoms with Crippen molar-refractivity contribution in [3.63, 3.8) is 0 Å². The largest absolute Gasteiger partial charge is 0.389 e. The Balaban J connectivity index is 3.16. The molecular weight excluding hydrogens is 298 g/mol. The lowest BCUT2D eigenvalue weighted by Crippen LogP contribution is -2.37. The van der Waals surface area contributed by atoms with Crippen LogP contribution in [0.3, 0.4) is 0 Å². The zero-order chi connectivity index (χ0) is 15.5. The molecule has 0 atom stereocenters. The highest BCUT2D eigenvalue weighted by molar-refractivity contribution is 7.89. The van der Waals surface area contributed by atoms with Crippen molar-refractivity contribution in [1.82, 2.24) is 9.62 Å². The summed E-state index contributed by atoms with van der Waals surface area (Å²) in [5, 5.41) is 2.38. The normalized spacial score (nSPS) is 11.4. The van der Waals surface area contributed by atoms with Gasteiger partial charge in [0, 0.05) is 19.7 Å². The molecule has 0 unspecified atom stereocenters. The topological polar surface area (TPSA) is 92.5 Å². The molecule has 1 rings (SSSR count). The summed E-state index contributed by atoms with van der Waals surface area (Å²) in [6.07, 6.45) is 0. The van der Waals surface area contributed by atoms with Crippen LogP contribution < -0.4 is 11.1 Å². The van der Waals surface area contributed by atoms with Crippen molar-refractivity contribution in [3.8, 4) is 0 Å². The van der Waals surface area contributed by atoms with Crippen LogP contribution in [0.4, 0.5) is 0 Å². The maximum absolute atomic E-state index is 12.4. The summed E-state index contributed by atoms with van der Waals surface area (Å²) in [6, 6.07) is 4.61. The van der Waals surface area contributed by atoms with Gasteiger partial charge in [-0.3, -0.25) is 4.79 Å². The van der Waals surface area contributed by atoms with Gasteiger partial charge >= 0.3 is 0 Å². The van der Waals surface area contributed by atoms with Gasteiger partial charge in [-0.25, -0.2) is 8.42 Å². The van der Waals surface area contributed by atoms with E-state index < -0.39 is 10.0 Å². The minimum Gasteiger partial charge on any atom is -0.389 e. The zero-order valence-corrected chi connectivity index (χ0v) is 13.1. The summed E-state index contributed by atoms with van der Waals surface area (Å²) in [4.78, 5) is 11.6. The molecule has 0 fully saturated rings. The molecule has 0 radical (unpaired) electrons. The highest BCUT2D eigenvalue weighted by atomic mass is 32.2. The van der Waals surface area contributed by atoms with Crippen LogP contribution in [0.15, 0.2) is 23.1 Å². The molecule has 0 aliphatic heterocycles. The fourth-order valence-corrected chi connectivity index (χ4v) is 3.08. The predicted molar refractivity (Wildman–Crippen MR) is 80.9 cm³/mol. The van der Waals surface area contributed by atoms with Crippen LogP contribution in [0.5, 0.6) is 0 Å². The summed E-state index contributed by atoms with van der Waals surface area (Å²) in [5.41, 5.74) is 6.63. The van der Waals surface area contributed by atoms with Gasteiger partial charge < -0.3 is 11.1 Å². The van der Waals surface area contributed by atoms with Crippen LogP contribution in [0.25, 0.3) is 0 Å². The SMILES string of the molecule is CNC(=O)CN(C)S(=O)(=O)c1ccc(C(N)=S)cc1C.